The van der Waals surface area contributed by atoms with Crippen LogP contribution >= 0.6 is 0 Å². The summed E-state index contributed by atoms with van der Waals surface area (Å²) in [6.45, 7) is 7.25. The van der Waals surface area contributed by atoms with Crippen LogP contribution in [0.3, 0.4) is 0 Å². The highest BCUT2D eigenvalue weighted by molar-refractivity contribution is 5.79. The Bertz CT molecular complexity index is 324. The Morgan fingerprint density at radius 2 is 2.13 bits per heavy atom. The van der Waals surface area contributed by atoms with Crippen LogP contribution in [-0.4, -0.2) is 24.5 Å². The maximum atomic E-state index is 5.43. The predicted octanol–water partition coefficient (Wildman–Crippen LogP) is 0.976. The SMILES string of the molecule is CCNC(=NC)NCc1nc(C)c(C)o1. The van der Waals surface area contributed by atoms with Crippen molar-refractivity contribution >= 4 is 5.96 Å². The summed E-state index contributed by atoms with van der Waals surface area (Å²) in [5.41, 5.74) is 0.935. The second-order valence-corrected chi connectivity index (χ2v) is 3.21. The summed E-state index contributed by atoms with van der Waals surface area (Å²) in [5, 5.41) is 6.20. The second kappa shape index (κ2) is 5.38. The van der Waals surface area contributed by atoms with Gasteiger partial charge < -0.3 is 15.1 Å². The minimum atomic E-state index is 0.550. The Morgan fingerprint density at radius 3 is 2.60 bits per heavy atom. The molecule has 0 unspecified atom stereocenters. The molecule has 1 aromatic rings. The van der Waals surface area contributed by atoms with Crippen molar-refractivity contribution in [3.63, 3.8) is 0 Å². The molecular weight excluding hydrogens is 192 g/mol. The number of oxazole rings is 1. The number of rotatable bonds is 3. The van der Waals surface area contributed by atoms with Gasteiger partial charge in [-0.05, 0) is 20.8 Å². The third-order valence-corrected chi connectivity index (χ3v) is 2.05. The van der Waals surface area contributed by atoms with Crippen LogP contribution in [0.2, 0.25) is 0 Å². The molecule has 0 aromatic carbocycles. The Morgan fingerprint density at radius 1 is 1.40 bits per heavy atom. The second-order valence-electron chi connectivity index (χ2n) is 3.21. The molecule has 1 rings (SSSR count). The molecule has 0 atom stereocenters. The summed E-state index contributed by atoms with van der Waals surface area (Å²) in [6, 6.07) is 0. The first-order valence-corrected chi connectivity index (χ1v) is 5.04. The largest absolute Gasteiger partial charge is 0.444 e. The summed E-state index contributed by atoms with van der Waals surface area (Å²) in [7, 11) is 1.73. The summed E-state index contributed by atoms with van der Waals surface area (Å²) in [5.74, 6) is 2.31. The lowest BCUT2D eigenvalue weighted by Gasteiger charge is -2.07. The monoisotopic (exact) mass is 210 g/mol. The van der Waals surface area contributed by atoms with Crippen LogP contribution in [0.5, 0.6) is 0 Å². The van der Waals surface area contributed by atoms with E-state index >= 15 is 0 Å². The van der Waals surface area contributed by atoms with Crippen molar-refractivity contribution in [2.24, 2.45) is 4.99 Å². The van der Waals surface area contributed by atoms with E-state index in [1.807, 2.05) is 20.8 Å². The molecule has 0 saturated heterocycles. The number of hydrogen-bond acceptors (Lipinski definition) is 3. The molecular formula is C10H18N4O. The van der Waals surface area contributed by atoms with Crippen molar-refractivity contribution < 1.29 is 4.42 Å². The fourth-order valence-corrected chi connectivity index (χ4v) is 1.16. The summed E-state index contributed by atoms with van der Waals surface area (Å²) in [4.78, 5) is 8.31. The predicted molar refractivity (Wildman–Crippen MR) is 59.9 cm³/mol. The molecule has 15 heavy (non-hydrogen) atoms. The lowest BCUT2D eigenvalue weighted by molar-refractivity contribution is 0.464. The van der Waals surface area contributed by atoms with Gasteiger partial charge in [-0.2, -0.15) is 0 Å². The van der Waals surface area contributed by atoms with Gasteiger partial charge in [0.05, 0.1) is 12.2 Å². The lowest BCUT2D eigenvalue weighted by Crippen LogP contribution is -2.36. The Balaban J connectivity index is 2.49. The van der Waals surface area contributed by atoms with E-state index in [2.05, 4.69) is 20.6 Å². The van der Waals surface area contributed by atoms with E-state index in [0.29, 0.717) is 12.4 Å². The van der Waals surface area contributed by atoms with Gasteiger partial charge in [0.25, 0.3) is 0 Å². The van der Waals surface area contributed by atoms with Gasteiger partial charge in [0.2, 0.25) is 5.89 Å². The van der Waals surface area contributed by atoms with Gasteiger partial charge in [-0.1, -0.05) is 0 Å². The molecule has 0 spiro atoms. The number of hydrogen-bond donors (Lipinski definition) is 2. The highest BCUT2D eigenvalue weighted by Crippen LogP contribution is 2.07. The van der Waals surface area contributed by atoms with Crippen LogP contribution < -0.4 is 10.6 Å². The normalized spacial score (nSPS) is 11.6. The Kier molecular flexibility index (Phi) is 4.15. The molecule has 5 heteroatoms. The van der Waals surface area contributed by atoms with Crippen molar-refractivity contribution in [2.45, 2.75) is 27.3 Å². The fraction of sp³-hybridized carbons (Fsp3) is 0.600. The van der Waals surface area contributed by atoms with E-state index in [0.717, 1.165) is 24.0 Å². The standard InChI is InChI=1S/C10H18N4O/c1-5-12-10(11-4)13-6-9-14-7(2)8(3)15-9/h5-6H2,1-4H3,(H2,11,12,13). The van der Waals surface area contributed by atoms with Crippen LogP contribution in [0.15, 0.2) is 9.41 Å². The maximum absolute atomic E-state index is 5.43. The van der Waals surface area contributed by atoms with Gasteiger partial charge in [0.1, 0.15) is 5.76 Å². The van der Waals surface area contributed by atoms with Crippen molar-refractivity contribution in [1.29, 1.82) is 0 Å². The first-order chi connectivity index (χ1) is 7.17. The molecule has 0 bridgehead atoms. The molecule has 0 aliphatic carbocycles. The Hall–Kier alpha value is -1.52. The summed E-state index contributed by atoms with van der Waals surface area (Å²) >= 11 is 0. The van der Waals surface area contributed by atoms with E-state index in [1.54, 1.807) is 7.05 Å². The van der Waals surface area contributed by atoms with Crippen LogP contribution in [0.25, 0.3) is 0 Å². The van der Waals surface area contributed by atoms with Gasteiger partial charge in [0.15, 0.2) is 5.96 Å². The third-order valence-electron chi connectivity index (χ3n) is 2.05. The van der Waals surface area contributed by atoms with E-state index < -0.39 is 0 Å². The van der Waals surface area contributed by atoms with Crippen molar-refractivity contribution in [3.05, 3.63) is 17.3 Å². The third kappa shape index (κ3) is 3.27. The highest BCUT2D eigenvalue weighted by atomic mass is 16.4. The van der Waals surface area contributed by atoms with Gasteiger partial charge in [-0.3, -0.25) is 4.99 Å². The molecule has 5 nitrogen and oxygen atoms in total. The average Bonchev–Trinajstić information content (AvgIpc) is 2.53. The van der Waals surface area contributed by atoms with Crippen molar-refractivity contribution in [1.82, 2.24) is 15.6 Å². The highest BCUT2D eigenvalue weighted by Gasteiger charge is 2.05. The molecule has 0 radical (unpaired) electrons. The van der Waals surface area contributed by atoms with Gasteiger partial charge in [-0.15, -0.1) is 0 Å². The van der Waals surface area contributed by atoms with E-state index in [-0.39, 0.29) is 0 Å². The van der Waals surface area contributed by atoms with Crippen LogP contribution in [0, 0.1) is 13.8 Å². The first-order valence-electron chi connectivity index (χ1n) is 5.04. The molecule has 2 N–H and O–H groups in total. The molecule has 0 aliphatic rings. The zero-order valence-electron chi connectivity index (χ0n) is 9.72. The number of aromatic nitrogens is 1. The number of nitrogens with one attached hydrogen (secondary N) is 2. The minimum Gasteiger partial charge on any atom is -0.444 e. The molecule has 84 valence electrons. The van der Waals surface area contributed by atoms with Gasteiger partial charge in [0, 0.05) is 13.6 Å². The van der Waals surface area contributed by atoms with Crippen molar-refractivity contribution in [3.8, 4) is 0 Å². The van der Waals surface area contributed by atoms with Crippen LogP contribution in [0.4, 0.5) is 0 Å². The topological polar surface area (TPSA) is 62.5 Å². The molecule has 1 heterocycles. The van der Waals surface area contributed by atoms with E-state index in [1.165, 1.54) is 0 Å². The zero-order valence-corrected chi connectivity index (χ0v) is 9.72. The van der Waals surface area contributed by atoms with Crippen LogP contribution in [0.1, 0.15) is 24.3 Å². The van der Waals surface area contributed by atoms with E-state index in [4.69, 9.17) is 4.42 Å². The average molecular weight is 210 g/mol. The number of aryl methyl sites for hydroxylation is 2. The summed E-state index contributed by atoms with van der Waals surface area (Å²) in [6.07, 6.45) is 0. The summed E-state index contributed by atoms with van der Waals surface area (Å²) < 4.78 is 5.43. The minimum absolute atomic E-state index is 0.550. The maximum Gasteiger partial charge on any atom is 0.214 e. The molecule has 0 saturated carbocycles. The quantitative estimate of drug-likeness (QED) is 0.576. The molecule has 1 aromatic heterocycles. The molecule has 0 amide bonds. The smallest absolute Gasteiger partial charge is 0.214 e. The zero-order chi connectivity index (χ0) is 11.3. The van der Waals surface area contributed by atoms with Crippen LogP contribution in [-0.2, 0) is 6.54 Å². The number of aliphatic imine (C=N–C) groups is 1. The molecule has 0 fully saturated rings. The lowest BCUT2D eigenvalue weighted by atomic mass is 10.4. The number of nitrogens with zero attached hydrogens (tertiary/aromatic N) is 2. The van der Waals surface area contributed by atoms with Gasteiger partial charge in [-0.25, -0.2) is 4.98 Å². The van der Waals surface area contributed by atoms with Crippen molar-refractivity contribution in [2.75, 3.05) is 13.6 Å². The first kappa shape index (κ1) is 11.6. The Labute approximate surface area is 90.0 Å². The number of guanidine groups is 1. The van der Waals surface area contributed by atoms with E-state index in [9.17, 15) is 0 Å². The molecule has 0 aliphatic heterocycles. The fourth-order valence-electron chi connectivity index (χ4n) is 1.16. The van der Waals surface area contributed by atoms with Gasteiger partial charge >= 0.3 is 0 Å².